The number of rotatable bonds is 6. The van der Waals surface area contributed by atoms with Crippen molar-refractivity contribution in [3.63, 3.8) is 0 Å². The van der Waals surface area contributed by atoms with E-state index in [0.717, 1.165) is 13.0 Å². The van der Waals surface area contributed by atoms with E-state index < -0.39 is 0 Å². The van der Waals surface area contributed by atoms with E-state index in [9.17, 15) is 0 Å². The first kappa shape index (κ1) is 13.7. The fourth-order valence-corrected chi connectivity index (χ4v) is 2.10. The lowest BCUT2D eigenvalue weighted by molar-refractivity contribution is 1.17. The van der Waals surface area contributed by atoms with Crippen LogP contribution in [0.3, 0.4) is 0 Å². The Morgan fingerprint density at radius 1 is 0.895 bits per heavy atom. The Bertz CT molecular complexity index is 520. The largest absolute Gasteiger partial charge is 0.381 e. The van der Waals surface area contributed by atoms with E-state index in [-0.39, 0.29) is 0 Å². The molecule has 0 bridgehead atoms. The van der Waals surface area contributed by atoms with Crippen molar-refractivity contribution < 1.29 is 0 Å². The molecule has 0 aliphatic rings. The minimum absolute atomic E-state index is 0.563. The molecule has 0 fully saturated rings. The number of benzene rings is 2. The van der Waals surface area contributed by atoms with Crippen LogP contribution < -0.4 is 5.32 Å². The molecule has 2 rings (SSSR count). The number of hydrogen-bond acceptors (Lipinski definition) is 1. The van der Waals surface area contributed by atoms with Crippen LogP contribution in [0.15, 0.2) is 66.7 Å². The standard InChI is InChI=1S/C17H18ClN/c18-12-6-7-13-19-17-11-5-4-10-16(17)14-15-8-2-1-3-9-15/h1-11,19H,12-14H2/b7-6+. The highest BCUT2D eigenvalue weighted by molar-refractivity contribution is 6.18. The molecular formula is C17H18ClN. The summed E-state index contributed by atoms with van der Waals surface area (Å²) in [5, 5.41) is 3.42. The molecule has 1 N–H and O–H groups in total. The smallest absolute Gasteiger partial charge is 0.0404 e. The van der Waals surface area contributed by atoms with Crippen LogP contribution in [0, 0.1) is 0 Å². The summed E-state index contributed by atoms with van der Waals surface area (Å²) in [6.07, 6.45) is 4.95. The zero-order valence-electron chi connectivity index (χ0n) is 10.9. The van der Waals surface area contributed by atoms with Gasteiger partial charge in [-0.2, -0.15) is 0 Å². The topological polar surface area (TPSA) is 12.0 Å². The molecule has 0 saturated carbocycles. The molecule has 0 atom stereocenters. The lowest BCUT2D eigenvalue weighted by Gasteiger charge is -2.10. The van der Waals surface area contributed by atoms with Crippen LogP contribution in [-0.2, 0) is 6.42 Å². The van der Waals surface area contributed by atoms with E-state index in [1.807, 2.05) is 18.2 Å². The van der Waals surface area contributed by atoms with Gasteiger partial charge in [0, 0.05) is 18.1 Å². The number of halogens is 1. The van der Waals surface area contributed by atoms with Gasteiger partial charge in [0.15, 0.2) is 0 Å². The molecule has 98 valence electrons. The molecule has 2 aromatic carbocycles. The van der Waals surface area contributed by atoms with E-state index in [4.69, 9.17) is 11.6 Å². The van der Waals surface area contributed by atoms with Crippen molar-refractivity contribution in [2.24, 2.45) is 0 Å². The fraction of sp³-hybridized carbons (Fsp3) is 0.176. The van der Waals surface area contributed by atoms with Gasteiger partial charge in [0.1, 0.15) is 0 Å². The third kappa shape index (κ3) is 4.46. The highest BCUT2D eigenvalue weighted by Crippen LogP contribution is 2.18. The molecule has 19 heavy (non-hydrogen) atoms. The van der Waals surface area contributed by atoms with Gasteiger partial charge in [-0.3, -0.25) is 0 Å². The monoisotopic (exact) mass is 271 g/mol. The maximum atomic E-state index is 5.61. The molecule has 2 heteroatoms. The summed E-state index contributed by atoms with van der Waals surface area (Å²) >= 11 is 5.61. The Hall–Kier alpha value is -1.73. The Labute approximate surface area is 119 Å². The molecule has 0 spiro atoms. The second-order valence-electron chi connectivity index (χ2n) is 4.33. The van der Waals surface area contributed by atoms with E-state index in [1.54, 1.807) is 0 Å². The first-order valence-corrected chi connectivity index (χ1v) is 7.00. The summed E-state index contributed by atoms with van der Waals surface area (Å²) < 4.78 is 0. The normalized spacial score (nSPS) is 10.8. The van der Waals surface area contributed by atoms with Gasteiger partial charge in [-0.1, -0.05) is 60.7 Å². The number of nitrogens with one attached hydrogen (secondary N) is 1. The SMILES string of the molecule is ClC/C=C/CNc1ccccc1Cc1ccccc1. The van der Waals surface area contributed by atoms with Crippen LogP contribution in [0.25, 0.3) is 0 Å². The van der Waals surface area contributed by atoms with Gasteiger partial charge < -0.3 is 5.32 Å². The maximum Gasteiger partial charge on any atom is 0.0404 e. The number of hydrogen-bond donors (Lipinski definition) is 1. The minimum atomic E-state index is 0.563. The average molecular weight is 272 g/mol. The summed E-state index contributed by atoms with van der Waals surface area (Å²) in [6.45, 7) is 0.804. The van der Waals surface area contributed by atoms with Gasteiger partial charge in [-0.25, -0.2) is 0 Å². The van der Waals surface area contributed by atoms with E-state index in [2.05, 4.69) is 53.8 Å². The number of para-hydroxylation sites is 1. The van der Waals surface area contributed by atoms with Crippen LogP contribution in [0.2, 0.25) is 0 Å². The molecule has 1 nitrogen and oxygen atoms in total. The Balaban J connectivity index is 2.06. The Kier molecular flexibility index (Phi) is 5.51. The molecule has 0 saturated heterocycles. The van der Waals surface area contributed by atoms with Crippen molar-refractivity contribution in [2.45, 2.75) is 6.42 Å². The number of alkyl halides is 1. The molecule has 0 heterocycles. The summed E-state index contributed by atoms with van der Waals surface area (Å²) in [5.74, 6) is 0.563. The van der Waals surface area contributed by atoms with Gasteiger partial charge in [0.05, 0.1) is 0 Å². The molecule has 0 aromatic heterocycles. The highest BCUT2D eigenvalue weighted by atomic mass is 35.5. The van der Waals surface area contributed by atoms with E-state index >= 15 is 0 Å². The highest BCUT2D eigenvalue weighted by Gasteiger charge is 2.01. The molecule has 0 aliphatic carbocycles. The van der Waals surface area contributed by atoms with Crippen LogP contribution in [0.5, 0.6) is 0 Å². The first-order valence-electron chi connectivity index (χ1n) is 6.47. The van der Waals surface area contributed by atoms with Crippen LogP contribution in [0.1, 0.15) is 11.1 Å². The quantitative estimate of drug-likeness (QED) is 0.603. The summed E-state index contributed by atoms with van der Waals surface area (Å²) in [6, 6.07) is 18.9. The average Bonchev–Trinajstić information content (AvgIpc) is 2.46. The second-order valence-corrected chi connectivity index (χ2v) is 4.63. The van der Waals surface area contributed by atoms with Crippen molar-refractivity contribution >= 4 is 17.3 Å². The number of allylic oxidation sites excluding steroid dienone is 1. The lowest BCUT2D eigenvalue weighted by Crippen LogP contribution is -2.02. The maximum absolute atomic E-state index is 5.61. The van der Waals surface area contributed by atoms with E-state index in [0.29, 0.717) is 5.88 Å². The predicted octanol–water partition coefficient (Wildman–Crippen LogP) is 4.48. The minimum Gasteiger partial charge on any atom is -0.381 e. The molecule has 2 aromatic rings. The zero-order valence-corrected chi connectivity index (χ0v) is 11.6. The van der Waals surface area contributed by atoms with Crippen LogP contribution in [0.4, 0.5) is 5.69 Å². The second kappa shape index (κ2) is 7.65. The Morgan fingerprint density at radius 3 is 2.42 bits per heavy atom. The molecule has 0 radical (unpaired) electrons. The predicted molar refractivity (Wildman–Crippen MR) is 84.0 cm³/mol. The van der Waals surface area contributed by atoms with Gasteiger partial charge >= 0.3 is 0 Å². The summed E-state index contributed by atoms with van der Waals surface area (Å²) in [7, 11) is 0. The van der Waals surface area contributed by atoms with Crippen LogP contribution in [-0.4, -0.2) is 12.4 Å². The van der Waals surface area contributed by atoms with E-state index in [1.165, 1.54) is 16.8 Å². The molecular weight excluding hydrogens is 254 g/mol. The molecule has 0 amide bonds. The van der Waals surface area contributed by atoms with Gasteiger partial charge in [0.25, 0.3) is 0 Å². The summed E-state index contributed by atoms with van der Waals surface area (Å²) in [4.78, 5) is 0. The van der Waals surface area contributed by atoms with Crippen molar-refractivity contribution in [1.82, 2.24) is 0 Å². The van der Waals surface area contributed by atoms with Gasteiger partial charge in [0.2, 0.25) is 0 Å². The fourth-order valence-electron chi connectivity index (χ4n) is 1.98. The first-order chi connectivity index (χ1) is 9.40. The zero-order chi connectivity index (χ0) is 13.3. The van der Waals surface area contributed by atoms with Gasteiger partial charge in [-0.15, -0.1) is 11.6 Å². The van der Waals surface area contributed by atoms with Crippen molar-refractivity contribution in [3.8, 4) is 0 Å². The van der Waals surface area contributed by atoms with Crippen LogP contribution >= 0.6 is 11.6 Å². The van der Waals surface area contributed by atoms with Crippen molar-refractivity contribution in [2.75, 3.05) is 17.7 Å². The number of anilines is 1. The third-order valence-corrected chi connectivity index (χ3v) is 3.10. The van der Waals surface area contributed by atoms with Crippen molar-refractivity contribution in [3.05, 3.63) is 77.9 Å². The van der Waals surface area contributed by atoms with Gasteiger partial charge in [-0.05, 0) is 23.6 Å². The molecule has 0 unspecified atom stereocenters. The lowest BCUT2D eigenvalue weighted by atomic mass is 10.0. The Morgan fingerprint density at radius 2 is 1.63 bits per heavy atom. The third-order valence-electron chi connectivity index (χ3n) is 2.92. The summed E-state index contributed by atoms with van der Waals surface area (Å²) in [5.41, 5.74) is 3.83. The van der Waals surface area contributed by atoms with Crippen molar-refractivity contribution in [1.29, 1.82) is 0 Å². The molecule has 0 aliphatic heterocycles.